The Kier molecular flexibility index (Phi) is 13.3. The molecule has 5 rings (SSSR count). The van der Waals surface area contributed by atoms with E-state index in [1.807, 2.05) is 42.5 Å². The Morgan fingerprint density at radius 2 is 1.49 bits per heavy atom. The summed E-state index contributed by atoms with van der Waals surface area (Å²) < 4.78 is 18.7. The molecule has 2 saturated heterocycles. The average Bonchev–Trinajstić information content (AvgIpc) is 3.12. The number of unbranched alkanes of at least 4 members (excludes halogenated alkanes) is 3. The SMILES string of the molecule is O=C(CCCCCCC(=O)NCc1ccccc1-c1ccc([C@@H]2O[C@H](CN3CCOCC3)C[C@H](c3ccc(CO)cc3)O2)cc1)NO. The van der Waals surface area contributed by atoms with Crippen molar-refractivity contribution in [2.24, 2.45) is 0 Å². The Labute approximate surface area is 277 Å². The topological polar surface area (TPSA) is 130 Å². The minimum absolute atomic E-state index is 0.00189. The second kappa shape index (κ2) is 18.1. The fourth-order valence-corrected chi connectivity index (χ4v) is 6.14. The molecule has 10 nitrogen and oxygen atoms in total. The number of ether oxygens (including phenoxy) is 3. The maximum Gasteiger partial charge on any atom is 0.243 e. The zero-order valence-electron chi connectivity index (χ0n) is 26.9. The van der Waals surface area contributed by atoms with Crippen LogP contribution in [-0.2, 0) is 37.0 Å². The number of hydroxylamine groups is 1. The van der Waals surface area contributed by atoms with Crippen LogP contribution in [0.4, 0.5) is 0 Å². The fourth-order valence-electron chi connectivity index (χ4n) is 6.14. The highest BCUT2D eigenvalue weighted by Crippen LogP contribution is 2.39. The highest BCUT2D eigenvalue weighted by atomic mass is 16.7. The molecule has 3 aromatic carbocycles. The van der Waals surface area contributed by atoms with Crippen molar-refractivity contribution in [3.05, 3.63) is 95.1 Å². The van der Waals surface area contributed by atoms with Crippen molar-refractivity contribution in [2.75, 3.05) is 32.8 Å². The normalized spacial score (nSPS) is 20.1. The van der Waals surface area contributed by atoms with Gasteiger partial charge in [0.15, 0.2) is 6.29 Å². The number of amides is 2. The Morgan fingerprint density at radius 1 is 0.809 bits per heavy atom. The summed E-state index contributed by atoms with van der Waals surface area (Å²) in [5, 5.41) is 21.1. The molecule has 0 aliphatic carbocycles. The highest BCUT2D eigenvalue weighted by Gasteiger charge is 2.33. The minimum Gasteiger partial charge on any atom is -0.392 e. The maximum atomic E-state index is 12.5. The van der Waals surface area contributed by atoms with Crippen LogP contribution in [0.25, 0.3) is 11.1 Å². The largest absolute Gasteiger partial charge is 0.392 e. The predicted molar refractivity (Wildman–Crippen MR) is 177 cm³/mol. The Morgan fingerprint density at radius 3 is 2.19 bits per heavy atom. The number of benzene rings is 3. The van der Waals surface area contributed by atoms with Crippen LogP contribution in [0.5, 0.6) is 0 Å². The van der Waals surface area contributed by atoms with Crippen LogP contribution < -0.4 is 10.8 Å². The van der Waals surface area contributed by atoms with E-state index in [1.54, 1.807) is 5.48 Å². The van der Waals surface area contributed by atoms with Crippen LogP contribution in [0.2, 0.25) is 0 Å². The van der Waals surface area contributed by atoms with E-state index in [0.29, 0.717) is 19.4 Å². The molecule has 2 heterocycles. The molecule has 0 spiro atoms. The van der Waals surface area contributed by atoms with E-state index < -0.39 is 6.29 Å². The van der Waals surface area contributed by atoms with Gasteiger partial charge in [0.2, 0.25) is 11.8 Å². The summed E-state index contributed by atoms with van der Waals surface area (Å²) in [6.07, 6.45) is 3.94. The Bertz CT molecular complexity index is 1410. The minimum atomic E-state index is -0.521. The summed E-state index contributed by atoms with van der Waals surface area (Å²) in [4.78, 5) is 26.0. The number of nitrogens with zero attached hydrogens (tertiary/aromatic N) is 1. The van der Waals surface area contributed by atoms with Crippen molar-refractivity contribution in [3.63, 3.8) is 0 Å². The van der Waals surface area contributed by atoms with E-state index in [0.717, 1.165) is 91.9 Å². The van der Waals surface area contributed by atoms with E-state index in [9.17, 15) is 14.7 Å². The molecule has 47 heavy (non-hydrogen) atoms. The van der Waals surface area contributed by atoms with Crippen molar-refractivity contribution in [1.82, 2.24) is 15.7 Å². The van der Waals surface area contributed by atoms with Gasteiger partial charge in [-0.3, -0.25) is 19.7 Å². The first-order valence-electron chi connectivity index (χ1n) is 16.7. The third-order valence-electron chi connectivity index (χ3n) is 8.85. The molecule has 0 saturated carbocycles. The molecule has 4 N–H and O–H groups in total. The van der Waals surface area contributed by atoms with Gasteiger partial charge in [0.25, 0.3) is 0 Å². The number of carbonyl (C=O) groups is 2. The molecular formula is C37H47N3O7. The lowest BCUT2D eigenvalue weighted by atomic mass is 9.97. The lowest BCUT2D eigenvalue weighted by molar-refractivity contribution is -0.253. The third kappa shape index (κ3) is 10.4. The lowest BCUT2D eigenvalue weighted by Gasteiger charge is -2.39. The van der Waals surface area contributed by atoms with E-state index in [4.69, 9.17) is 19.4 Å². The van der Waals surface area contributed by atoms with Crippen LogP contribution in [0.3, 0.4) is 0 Å². The molecule has 2 fully saturated rings. The molecule has 3 atom stereocenters. The van der Waals surface area contributed by atoms with E-state index in [-0.39, 0.29) is 37.0 Å². The molecule has 10 heteroatoms. The molecule has 2 aliphatic rings. The first-order valence-corrected chi connectivity index (χ1v) is 16.7. The van der Waals surface area contributed by atoms with Gasteiger partial charge in [-0.05, 0) is 40.7 Å². The van der Waals surface area contributed by atoms with Gasteiger partial charge in [-0.2, -0.15) is 0 Å². The van der Waals surface area contributed by atoms with Crippen molar-refractivity contribution in [1.29, 1.82) is 0 Å². The summed E-state index contributed by atoms with van der Waals surface area (Å²) in [6, 6.07) is 24.3. The number of aliphatic hydroxyl groups is 1. The average molecular weight is 646 g/mol. The molecule has 0 bridgehead atoms. The first kappa shape index (κ1) is 34.7. The van der Waals surface area contributed by atoms with Gasteiger partial charge in [0.05, 0.1) is 32.0 Å². The van der Waals surface area contributed by atoms with Gasteiger partial charge in [-0.15, -0.1) is 0 Å². The van der Waals surface area contributed by atoms with Gasteiger partial charge in [-0.1, -0.05) is 85.6 Å². The lowest BCUT2D eigenvalue weighted by Crippen LogP contribution is -2.44. The van der Waals surface area contributed by atoms with E-state index in [1.165, 1.54) is 0 Å². The molecular weight excluding hydrogens is 598 g/mol. The Balaban J connectivity index is 1.20. The van der Waals surface area contributed by atoms with Crippen LogP contribution >= 0.6 is 0 Å². The van der Waals surface area contributed by atoms with Crippen molar-refractivity contribution in [3.8, 4) is 11.1 Å². The number of hydrogen-bond donors (Lipinski definition) is 4. The summed E-state index contributed by atoms with van der Waals surface area (Å²) in [6.45, 7) is 4.51. The van der Waals surface area contributed by atoms with E-state index >= 15 is 0 Å². The second-order valence-electron chi connectivity index (χ2n) is 12.3. The summed E-state index contributed by atoms with van der Waals surface area (Å²) in [5.74, 6) is -0.378. The number of morpholine rings is 1. The standard InChI is InChI=1S/C37H47N3O7/c41-26-27-11-13-29(14-12-27)34-23-32(25-40-19-21-45-22-20-40)46-37(47-34)30-17-15-28(16-18-30)33-8-6-5-7-31(33)24-38-35(42)9-3-1-2-4-10-36(43)39-44/h5-8,11-18,32,34,37,41,44H,1-4,9-10,19-26H2,(H,38,42)(H,39,43)/t32-,34+,37+/m0/s1. The van der Waals surface area contributed by atoms with Crippen LogP contribution in [-0.4, -0.2) is 66.0 Å². The predicted octanol–water partition coefficient (Wildman–Crippen LogP) is 5.19. The zero-order chi connectivity index (χ0) is 32.8. The highest BCUT2D eigenvalue weighted by molar-refractivity contribution is 5.76. The molecule has 2 aliphatic heterocycles. The van der Waals surface area contributed by atoms with Crippen molar-refractivity contribution >= 4 is 11.8 Å². The van der Waals surface area contributed by atoms with Crippen LogP contribution in [0, 0.1) is 0 Å². The van der Waals surface area contributed by atoms with Crippen LogP contribution in [0.15, 0.2) is 72.8 Å². The zero-order valence-corrected chi connectivity index (χ0v) is 26.9. The summed E-state index contributed by atoms with van der Waals surface area (Å²) >= 11 is 0. The molecule has 0 aromatic heterocycles. The molecule has 3 aromatic rings. The Hall–Kier alpha value is -3.64. The van der Waals surface area contributed by atoms with Gasteiger partial charge < -0.3 is 24.6 Å². The molecule has 0 unspecified atom stereocenters. The third-order valence-corrected chi connectivity index (χ3v) is 8.85. The van der Waals surface area contributed by atoms with Gasteiger partial charge in [0, 0.05) is 51.0 Å². The first-order chi connectivity index (χ1) is 23.0. The molecule has 252 valence electrons. The van der Waals surface area contributed by atoms with Crippen molar-refractivity contribution in [2.45, 2.75) is 76.6 Å². The summed E-state index contributed by atoms with van der Waals surface area (Å²) in [5.41, 5.74) is 7.66. The fraction of sp³-hybridized carbons (Fsp3) is 0.459. The quantitative estimate of drug-likeness (QED) is 0.101. The number of hydrogen-bond acceptors (Lipinski definition) is 8. The molecule has 0 radical (unpaired) electrons. The molecule has 2 amide bonds. The number of aliphatic hydroxyl groups excluding tert-OH is 1. The number of rotatable bonds is 15. The number of nitrogens with one attached hydrogen (secondary N) is 2. The maximum absolute atomic E-state index is 12.5. The van der Waals surface area contributed by atoms with Crippen molar-refractivity contribution < 1.29 is 34.1 Å². The summed E-state index contributed by atoms with van der Waals surface area (Å²) in [7, 11) is 0. The van der Waals surface area contributed by atoms with Gasteiger partial charge in [-0.25, -0.2) is 5.48 Å². The van der Waals surface area contributed by atoms with Gasteiger partial charge in [0.1, 0.15) is 0 Å². The van der Waals surface area contributed by atoms with Crippen LogP contribution in [0.1, 0.15) is 79.6 Å². The van der Waals surface area contributed by atoms with E-state index in [2.05, 4.69) is 40.5 Å². The smallest absolute Gasteiger partial charge is 0.243 e. The second-order valence-corrected chi connectivity index (χ2v) is 12.3. The van der Waals surface area contributed by atoms with Gasteiger partial charge >= 0.3 is 0 Å². The monoisotopic (exact) mass is 645 g/mol. The number of carbonyl (C=O) groups excluding carboxylic acids is 2.